The lowest BCUT2D eigenvalue weighted by Crippen LogP contribution is -2.07. The van der Waals surface area contributed by atoms with E-state index in [2.05, 4.69) is 22.9 Å². The van der Waals surface area contributed by atoms with Crippen LogP contribution in [0, 0.1) is 0 Å². The highest BCUT2D eigenvalue weighted by Crippen LogP contribution is 2.16. The van der Waals surface area contributed by atoms with Crippen molar-refractivity contribution in [1.82, 2.24) is 0 Å². The lowest BCUT2D eigenvalue weighted by atomic mass is 10.2. The Labute approximate surface area is 139 Å². The Hall–Kier alpha value is -1.62. The smallest absolute Gasteiger partial charge is 0.336 e. The average molecular weight is 369 g/mol. The second-order valence-corrected chi connectivity index (χ2v) is 5.71. The van der Waals surface area contributed by atoms with Crippen molar-refractivity contribution in [3.8, 4) is 5.75 Å². The number of hydrogen-bond acceptors (Lipinski definition) is 4. The van der Waals surface area contributed by atoms with E-state index in [1.54, 1.807) is 24.3 Å². The Bertz CT molecular complexity index is 494. The monoisotopic (exact) mass is 368 g/mol. The third-order valence-electron chi connectivity index (χ3n) is 2.88. The molecule has 0 heterocycles. The van der Waals surface area contributed by atoms with E-state index in [1.807, 2.05) is 0 Å². The van der Waals surface area contributed by atoms with Gasteiger partial charge in [0.15, 0.2) is 0 Å². The van der Waals surface area contributed by atoms with Crippen LogP contribution in [-0.4, -0.2) is 18.5 Å². The molecule has 0 amide bonds. The maximum absolute atomic E-state index is 11.5. The van der Waals surface area contributed by atoms with Crippen LogP contribution < -0.4 is 4.74 Å². The van der Waals surface area contributed by atoms with E-state index in [0.717, 1.165) is 35.9 Å². The van der Waals surface area contributed by atoms with Gasteiger partial charge in [-0.15, -0.1) is 0 Å². The summed E-state index contributed by atoms with van der Waals surface area (Å²) < 4.78 is 10.9. The van der Waals surface area contributed by atoms with Crippen molar-refractivity contribution in [2.24, 2.45) is 0 Å². The fourth-order valence-corrected chi connectivity index (χ4v) is 1.98. The lowest BCUT2D eigenvalue weighted by Gasteiger charge is -2.02. The molecule has 0 bridgehead atoms. The minimum Gasteiger partial charge on any atom is -0.463 e. The van der Waals surface area contributed by atoms with Crippen LogP contribution in [0.4, 0.5) is 0 Å². The third kappa shape index (κ3) is 8.62. The number of benzene rings is 1. The van der Waals surface area contributed by atoms with Gasteiger partial charge in [0, 0.05) is 16.6 Å². The number of unbranched alkanes of at least 4 members (excludes halogenated alkanes) is 4. The SMILES string of the molecule is CCCCCCCOC(=O)/C=C/C(=O)Oc1ccc(Br)cc1. The molecule has 0 saturated heterocycles. The van der Waals surface area contributed by atoms with E-state index < -0.39 is 11.9 Å². The van der Waals surface area contributed by atoms with Gasteiger partial charge in [0.25, 0.3) is 0 Å². The molecule has 1 rings (SSSR count). The number of ether oxygens (including phenoxy) is 2. The molecule has 1 aromatic carbocycles. The van der Waals surface area contributed by atoms with Crippen molar-refractivity contribution < 1.29 is 19.1 Å². The first kappa shape index (κ1) is 18.4. The first-order chi connectivity index (χ1) is 10.6. The van der Waals surface area contributed by atoms with E-state index in [0.29, 0.717) is 12.4 Å². The highest BCUT2D eigenvalue weighted by Gasteiger charge is 2.03. The molecule has 1 aromatic rings. The van der Waals surface area contributed by atoms with Crippen molar-refractivity contribution in [1.29, 1.82) is 0 Å². The summed E-state index contributed by atoms with van der Waals surface area (Å²) >= 11 is 3.29. The number of halogens is 1. The summed E-state index contributed by atoms with van der Waals surface area (Å²) in [7, 11) is 0. The first-order valence-electron chi connectivity index (χ1n) is 7.44. The van der Waals surface area contributed by atoms with Gasteiger partial charge in [-0.25, -0.2) is 9.59 Å². The maximum Gasteiger partial charge on any atom is 0.336 e. The fraction of sp³-hybridized carbons (Fsp3) is 0.412. The zero-order chi connectivity index (χ0) is 16.2. The summed E-state index contributed by atoms with van der Waals surface area (Å²) in [4.78, 5) is 22.9. The van der Waals surface area contributed by atoms with Crippen LogP contribution in [0.25, 0.3) is 0 Å². The van der Waals surface area contributed by atoms with Crippen LogP contribution >= 0.6 is 15.9 Å². The zero-order valence-corrected chi connectivity index (χ0v) is 14.3. The predicted molar refractivity (Wildman–Crippen MR) is 88.6 cm³/mol. The van der Waals surface area contributed by atoms with Gasteiger partial charge in [-0.3, -0.25) is 0 Å². The number of carbonyl (C=O) groups is 2. The molecule has 0 spiro atoms. The summed E-state index contributed by atoms with van der Waals surface area (Å²) in [6.07, 6.45) is 7.61. The summed E-state index contributed by atoms with van der Waals surface area (Å²) in [5.74, 6) is -0.715. The molecule has 0 N–H and O–H groups in total. The fourth-order valence-electron chi connectivity index (χ4n) is 1.72. The van der Waals surface area contributed by atoms with Gasteiger partial charge in [-0.2, -0.15) is 0 Å². The average Bonchev–Trinajstić information content (AvgIpc) is 2.51. The lowest BCUT2D eigenvalue weighted by molar-refractivity contribution is -0.138. The van der Waals surface area contributed by atoms with Crippen molar-refractivity contribution in [3.05, 3.63) is 40.9 Å². The minimum absolute atomic E-state index is 0.384. The van der Waals surface area contributed by atoms with Crippen LogP contribution in [0.2, 0.25) is 0 Å². The van der Waals surface area contributed by atoms with Crippen molar-refractivity contribution in [2.45, 2.75) is 39.0 Å². The Morgan fingerprint density at radius 3 is 2.32 bits per heavy atom. The molecule has 4 nitrogen and oxygen atoms in total. The van der Waals surface area contributed by atoms with E-state index in [9.17, 15) is 9.59 Å². The maximum atomic E-state index is 11.5. The third-order valence-corrected chi connectivity index (χ3v) is 3.41. The molecule has 0 atom stereocenters. The molecular weight excluding hydrogens is 348 g/mol. The minimum atomic E-state index is -0.609. The Kier molecular flexibility index (Phi) is 9.23. The van der Waals surface area contributed by atoms with Gasteiger partial charge < -0.3 is 9.47 Å². The molecule has 5 heteroatoms. The molecule has 22 heavy (non-hydrogen) atoms. The van der Waals surface area contributed by atoms with Gasteiger partial charge in [-0.1, -0.05) is 48.5 Å². The van der Waals surface area contributed by atoms with Crippen LogP contribution in [-0.2, 0) is 14.3 Å². The second-order valence-electron chi connectivity index (χ2n) is 4.79. The normalized spacial score (nSPS) is 10.6. The van der Waals surface area contributed by atoms with Gasteiger partial charge in [0.2, 0.25) is 0 Å². The predicted octanol–water partition coefficient (Wildman–Crippen LogP) is 4.42. The standard InChI is InChI=1S/C17H21BrO4/c1-2-3-4-5-6-13-21-16(19)11-12-17(20)22-15-9-7-14(18)8-10-15/h7-12H,2-6,13H2,1H3/b12-11+. The molecule has 0 aliphatic carbocycles. The molecule has 0 aromatic heterocycles. The Morgan fingerprint density at radius 2 is 1.64 bits per heavy atom. The Balaban J connectivity index is 2.21. The largest absolute Gasteiger partial charge is 0.463 e. The van der Waals surface area contributed by atoms with Crippen molar-refractivity contribution in [2.75, 3.05) is 6.61 Å². The number of carbonyl (C=O) groups excluding carboxylic acids is 2. The molecule has 0 saturated carbocycles. The van der Waals surface area contributed by atoms with Crippen molar-refractivity contribution >= 4 is 27.9 Å². The number of hydrogen-bond donors (Lipinski definition) is 0. The molecule has 0 aliphatic rings. The quantitative estimate of drug-likeness (QED) is 0.280. The summed E-state index contributed by atoms with van der Waals surface area (Å²) in [6.45, 7) is 2.53. The molecular formula is C17H21BrO4. The molecule has 120 valence electrons. The molecule has 0 fully saturated rings. The van der Waals surface area contributed by atoms with E-state index in [-0.39, 0.29) is 0 Å². The molecule has 0 radical (unpaired) electrons. The number of esters is 2. The van der Waals surface area contributed by atoms with Gasteiger partial charge in [0.05, 0.1) is 6.61 Å². The van der Waals surface area contributed by atoms with Crippen LogP contribution in [0.15, 0.2) is 40.9 Å². The van der Waals surface area contributed by atoms with Gasteiger partial charge in [0.1, 0.15) is 5.75 Å². The molecule has 0 unspecified atom stereocenters. The van der Waals surface area contributed by atoms with Crippen LogP contribution in [0.1, 0.15) is 39.0 Å². The highest BCUT2D eigenvalue weighted by molar-refractivity contribution is 9.10. The van der Waals surface area contributed by atoms with Crippen LogP contribution in [0.5, 0.6) is 5.75 Å². The summed E-state index contributed by atoms with van der Waals surface area (Å²) in [5, 5.41) is 0. The highest BCUT2D eigenvalue weighted by atomic mass is 79.9. The topological polar surface area (TPSA) is 52.6 Å². The van der Waals surface area contributed by atoms with E-state index >= 15 is 0 Å². The summed E-state index contributed by atoms with van der Waals surface area (Å²) in [6, 6.07) is 6.84. The summed E-state index contributed by atoms with van der Waals surface area (Å²) in [5.41, 5.74) is 0. The van der Waals surface area contributed by atoms with Crippen LogP contribution in [0.3, 0.4) is 0 Å². The Morgan fingerprint density at radius 1 is 1.00 bits per heavy atom. The van der Waals surface area contributed by atoms with E-state index in [1.165, 1.54) is 12.8 Å². The van der Waals surface area contributed by atoms with Gasteiger partial charge >= 0.3 is 11.9 Å². The zero-order valence-electron chi connectivity index (χ0n) is 12.7. The number of rotatable bonds is 9. The van der Waals surface area contributed by atoms with Crippen molar-refractivity contribution in [3.63, 3.8) is 0 Å². The molecule has 0 aliphatic heterocycles. The van der Waals surface area contributed by atoms with Gasteiger partial charge in [-0.05, 0) is 30.7 Å². The first-order valence-corrected chi connectivity index (χ1v) is 8.23. The second kappa shape index (κ2) is 11.0. The van der Waals surface area contributed by atoms with E-state index in [4.69, 9.17) is 9.47 Å².